The summed E-state index contributed by atoms with van der Waals surface area (Å²) >= 11 is 0. The molecule has 0 spiro atoms. The Morgan fingerprint density at radius 1 is 1.11 bits per heavy atom. The van der Waals surface area contributed by atoms with Gasteiger partial charge in [0.2, 0.25) is 5.91 Å². The molecular weight excluding hydrogens is 354 g/mol. The van der Waals surface area contributed by atoms with Gasteiger partial charge in [0.05, 0.1) is 6.10 Å². The fourth-order valence-electron chi connectivity index (χ4n) is 2.95. The number of hydrogen-bond acceptors (Lipinski definition) is 3. The molecule has 0 aromatic heterocycles. The van der Waals surface area contributed by atoms with Crippen molar-refractivity contribution in [3.05, 3.63) is 65.7 Å². The molecule has 3 N–H and O–H groups in total. The maximum atomic E-state index is 12.1. The van der Waals surface area contributed by atoms with Gasteiger partial charge in [0, 0.05) is 30.6 Å². The molecular formula is C22H25N3O3. The summed E-state index contributed by atoms with van der Waals surface area (Å²) in [5.74, 6) is -0.212. The number of ether oxygens (including phenoxy) is 1. The number of carbonyl (C=O) groups excluding carboxylic acids is 2. The second kappa shape index (κ2) is 9.71. The summed E-state index contributed by atoms with van der Waals surface area (Å²) < 4.78 is 5.47. The van der Waals surface area contributed by atoms with E-state index >= 15 is 0 Å². The molecule has 0 radical (unpaired) electrons. The number of nitrogens with one attached hydrogen (secondary N) is 3. The number of anilines is 2. The molecule has 1 unspecified atom stereocenters. The van der Waals surface area contributed by atoms with Crippen LogP contribution in [0.4, 0.5) is 16.2 Å². The van der Waals surface area contributed by atoms with Crippen molar-refractivity contribution in [2.45, 2.75) is 25.9 Å². The van der Waals surface area contributed by atoms with Crippen molar-refractivity contribution in [2.75, 3.05) is 23.8 Å². The van der Waals surface area contributed by atoms with Crippen molar-refractivity contribution in [3.63, 3.8) is 0 Å². The van der Waals surface area contributed by atoms with Gasteiger partial charge >= 0.3 is 6.03 Å². The lowest BCUT2D eigenvalue weighted by molar-refractivity contribution is -0.111. The monoisotopic (exact) mass is 379 g/mol. The summed E-state index contributed by atoms with van der Waals surface area (Å²) in [5.41, 5.74) is 3.43. The first-order chi connectivity index (χ1) is 13.6. The molecule has 1 fully saturated rings. The summed E-state index contributed by atoms with van der Waals surface area (Å²) in [6, 6.07) is 14.6. The quantitative estimate of drug-likeness (QED) is 0.665. The van der Waals surface area contributed by atoms with Gasteiger partial charge < -0.3 is 20.7 Å². The van der Waals surface area contributed by atoms with Gasteiger partial charge in [0.15, 0.2) is 0 Å². The van der Waals surface area contributed by atoms with Crippen LogP contribution in [0.15, 0.2) is 54.6 Å². The number of rotatable bonds is 6. The van der Waals surface area contributed by atoms with Gasteiger partial charge in [-0.1, -0.05) is 29.8 Å². The summed E-state index contributed by atoms with van der Waals surface area (Å²) in [6.07, 6.45) is 5.40. The summed E-state index contributed by atoms with van der Waals surface area (Å²) in [7, 11) is 0. The maximum Gasteiger partial charge on any atom is 0.319 e. The van der Waals surface area contributed by atoms with Crippen molar-refractivity contribution in [2.24, 2.45) is 0 Å². The molecule has 146 valence electrons. The van der Waals surface area contributed by atoms with Crippen LogP contribution in [0.5, 0.6) is 0 Å². The van der Waals surface area contributed by atoms with Gasteiger partial charge in [-0.15, -0.1) is 0 Å². The molecule has 1 aliphatic heterocycles. The van der Waals surface area contributed by atoms with E-state index in [-0.39, 0.29) is 18.0 Å². The third kappa shape index (κ3) is 6.25. The Bertz CT molecular complexity index is 840. The molecule has 3 rings (SSSR count). The minimum absolute atomic E-state index is 0.108. The van der Waals surface area contributed by atoms with Crippen LogP contribution in [-0.4, -0.2) is 31.2 Å². The molecule has 0 saturated carbocycles. The smallest absolute Gasteiger partial charge is 0.319 e. The minimum atomic E-state index is -0.270. The number of urea groups is 1. The Labute approximate surface area is 165 Å². The zero-order chi connectivity index (χ0) is 19.8. The van der Waals surface area contributed by atoms with Crippen LogP contribution in [0, 0.1) is 6.92 Å². The summed E-state index contributed by atoms with van der Waals surface area (Å²) in [4.78, 5) is 24.0. The molecule has 1 saturated heterocycles. The van der Waals surface area contributed by atoms with E-state index in [1.165, 1.54) is 6.08 Å². The number of aryl methyl sites for hydroxylation is 1. The summed E-state index contributed by atoms with van der Waals surface area (Å²) in [6.45, 7) is 3.28. The number of hydrogen-bond donors (Lipinski definition) is 3. The lowest BCUT2D eigenvalue weighted by Gasteiger charge is -2.12. The van der Waals surface area contributed by atoms with E-state index in [2.05, 4.69) is 16.0 Å². The average molecular weight is 379 g/mol. The molecule has 6 heteroatoms. The molecule has 2 aromatic carbocycles. The number of amides is 3. The first-order valence-electron chi connectivity index (χ1n) is 9.41. The van der Waals surface area contributed by atoms with Crippen molar-refractivity contribution in [3.8, 4) is 0 Å². The fraction of sp³-hybridized carbons (Fsp3) is 0.273. The predicted octanol–water partition coefficient (Wildman–Crippen LogP) is 3.95. The van der Waals surface area contributed by atoms with Gasteiger partial charge in [-0.25, -0.2) is 4.79 Å². The highest BCUT2D eigenvalue weighted by Crippen LogP contribution is 2.14. The topological polar surface area (TPSA) is 79.5 Å². The SMILES string of the molecule is Cc1cccc(/C=C/C(=O)Nc2ccc(NC(=O)NCC3CCCO3)cc2)c1. The molecule has 0 aliphatic carbocycles. The Balaban J connectivity index is 1.45. The van der Waals surface area contributed by atoms with Crippen molar-refractivity contribution in [1.29, 1.82) is 0 Å². The van der Waals surface area contributed by atoms with Crippen LogP contribution < -0.4 is 16.0 Å². The first-order valence-corrected chi connectivity index (χ1v) is 9.41. The van der Waals surface area contributed by atoms with E-state index in [4.69, 9.17) is 4.74 Å². The van der Waals surface area contributed by atoms with Crippen LogP contribution >= 0.6 is 0 Å². The van der Waals surface area contributed by atoms with Gasteiger partial charge in [-0.2, -0.15) is 0 Å². The van der Waals surface area contributed by atoms with E-state index < -0.39 is 0 Å². The third-order valence-electron chi connectivity index (χ3n) is 4.39. The lowest BCUT2D eigenvalue weighted by atomic mass is 10.1. The summed E-state index contributed by atoms with van der Waals surface area (Å²) in [5, 5.41) is 8.37. The first kappa shape index (κ1) is 19.6. The molecule has 1 aliphatic rings. The van der Waals surface area contributed by atoms with Crippen LogP contribution in [0.3, 0.4) is 0 Å². The Morgan fingerprint density at radius 3 is 2.54 bits per heavy atom. The van der Waals surface area contributed by atoms with E-state index in [1.807, 2.05) is 31.2 Å². The van der Waals surface area contributed by atoms with Crippen molar-refractivity contribution < 1.29 is 14.3 Å². The fourth-order valence-corrected chi connectivity index (χ4v) is 2.95. The highest BCUT2D eigenvalue weighted by molar-refractivity contribution is 6.02. The van der Waals surface area contributed by atoms with Gasteiger partial charge in [-0.3, -0.25) is 4.79 Å². The van der Waals surface area contributed by atoms with Gasteiger partial charge in [0.1, 0.15) is 0 Å². The van der Waals surface area contributed by atoms with Gasteiger partial charge in [-0.05, 0) is 55.7 Å². The normalized spacial score (nSPS) is 16.1. The third-order valence-corrected chi connectivity index (χ3v) is 4.39. The Morgan fingerprint density at radius 2 is 1.86 bits per heavy atom. The lowest BCUT2D eigenvalue weighted by Crippen LogP contribution is -2.35. The van der Waals surface area contributed by atoms with E-state index in [0.29, 0.717) is 17.9 Å². The molecule has 1 atom stereocenters. The van der Waals surface area contributed by atoms with Crippen LogP contribution in [0.1, 0.15) is 24.0 Å². The van der Waals surface area contributed by atoms with E-state index in [9.17, 15) is 9.59 Å². The van der Waals surface area contributed by atoms with Crippen LogP contribution in [0.2, 0.25) is 0 Å². The molecule has 1 heterocycles. The zero-order valence-corrected chi connectivity index (χ0v) is 15.9. The Hall–Kier alpha value is -3.12. The van der Waals surface area contributed by atoms with Crippen molar-refractivity contribution >= 4 is 29.4 Å². The highest BCUT2D eigenvalue weighted by atomic mass is 16.5. The molecule has 3 amide bonds. The molecule has 6 nitrogen and oxygen atoms in total. The average Bonchev–Trinajstić information content (AvgIpc) is 3.20. The molecule has 0 bridgehead atoms. The van der Waals surface area contributed by atoms with Crippen LogP contribution in [0.25, 0.3) is 6.08 Å². The second-order valence-electron chi connectivity index (χ2n) is 6.78. The second-order valence-corrected chi connectivity index (χ2v) is 6.78. The number of carbonyl (C=O) groups is 2. The Kier molecular flexibility index (Phi) is 6.81. The van der Waals surface area contributed by atoms with Gasteiger partial charge in [0.25, 0.3) is 0 Å². The van der Waals surface area contributed by atoms with Crippen molar-refractivity contribution in [1.82, 2.24) is 5.32 Å². The zero-order valence-electron chi connectivity index (χ0n) is 15.9. The maximum absolute atomic E-state index is 12.1. The predicted molar refractivity (Wildman–Crippen MR) is 111 cm³/mol. The number of benzene rings is 2. The van der Waals surface area contributed by atoms with Crippen LogP contribution in [-0.2, 0) is 9.53 Å². The molecule has 2 aromatic rings. The minimum Gasteiger partial charge on any atom is -0.376 e. The standard InChI is InChI=1S/C22H25N3O3/c1-16-4-2-5-17(14-16)7-12-21(26)24-18-8-10-19(11-9-18)25-22(27)23-15-20-6-3-13-28-20/h2,4-5,7-12,14,20H,3,6,13,15H2,1H3,(H,24,26)(H2,23,25,27)/b12-7+. The molecule has 28 heavy (non-hydrogen) atoms. The highest BCUT2D eigenvalue weighted by Gasteiger charge is 2.16. The largest absolute Gasteiger partial charge is 0.376 e. The van der Waals surface area contributed by atoms with E-state index in [1.54, 1.807) is 30.3 Å². The van der Waals surface area contributed by atoms with E-state index in [0.717, 1.165) is 30.6 Å².